The van der Waals surface area contributed by atoms with Gasteiger partial charge in [0, 0.05) is 24.3 Å². The van der Waals surface area contributed by atoms with E-state index in [1.807, 2.05) is 0 Å². The van der Waals surface area contributed by atoms with Gasteiger partial charge in [-0.1, -0.05) is 0 Å². The number of carbonyl (C=O) groups is 1. The summed E-state index contributed by atoms with van der Waals surface area (Å²) in [6, 6.07) is 7.68. The van der Waals surface area contributed by atoms with E-state index in [1.165, 1.54) is 18.2 Å². The average molecular weight is 347 g/mol. The largest absolute Gasteiger partial charge is 0.435 e. The van der Waals surface area contributed by atoms with Crippen molar-refractivity contribution in [1.29, 1.82) is 0 Å². The number of nitrogens with one attached hydrogen (secondary N) is 1. The molecule has 2 heterocycles. The molecule has 0 unspecified atom stereocenters. The third-order valence-electron chi connectivity index (χ3n) is 3.39. The van der Waals surface area contributed by atoms with Crippen molar-refractivity contribution in [2.75, 3.05) is 5.32 Å². The number of hydrogen-bond acceptors (Lipinski definition) is 4. The van der Waals surface area contributed by atoms with E-state index in [-0.39, 0.29) is 11.4 Å². The van der Waals surface area contributed by atoms with Crippen LogP contribution in [0.4, 0.5) is 14.5 Å². The number of carbonyl (C=O) groups excluding carboxylic acids is 1. The number of halogens is 2. The van der Waals surface area contributed by atoms with Gasteiger partial charge in [0.15, 0.2) is 5.69 Å². The maximum absolute atomic E-state index is 12.3. The standard InChI is InChI=1S/C16H15F2N5O2/c1-11-9-12(25-16(17)18)3-4-13(11)20-15(24)14-5-8-23(21-14)10-22-7-2-6-19-22/h2-9,16H,10H2,1H3,(H,20,24). The summed E-state index contributed by atoms with van der Waals surface area (Å²) < 4.78 is 32.0. The molecule has 3 aromatic rings. The van der Waals surface area contributed by atoms with E-state index in [1.54, 1.807) is 47.0 Å². The third kappa shape index (κ3) is 4.19. The number of amides is 1. The topological polar surface area (TPSA) is 74.0 Å². The molecule has 0 spiro atoms. The lowest BCUT2D eigenvalue weighted by Gasteiger charge is -2.10. The molecule has 0 saturated heterocycles. The number of rotatable bonds is 6. The van der Waals surface area contributed by atoms with Gasteiger partial charge in [0.25, 0.3) is 5.91 Å². The van der Waals surface area contributed by atoms with Crippen LogP contribution in [0.1, 0.15) is 16.1 Å². The molecule has 2 aromatic heterocycles. The highest BCUT2D eigenvalue weighted by molar-refractivity contribution is 6.03. The Morgan fingerprint density at radius 3 is 2.80 bits per heavy atom. The van der Waals surface area contributed by atoms with Crippen molar-refractivity contribution >= 4 is 11.6 Å². The van der Waals surface area contributed by atoms with Gasteiger partial charge in [-0.05, 0) is 42.8 Å². The summed E-state index contributed by atoms with van der Waals surface area (Å²) in [7, 11) is 0. The van der Waals surface area contributed by atoms with Crippen LogP contribution < -0.4 is 10.1 Å². The fraction of sp³-hybridized carbons (Fsp3) is 0.188. The highest BCUT2D eigenvalue weighted by Gasteiger charge is 2.12. The zero-order chi connectivity index (χ0) is 17.8. The van der Waals surface area contributed by atoms with Gasteiger partial charge in [0.05, 0.1) is 0 Å². The van der Waals surface area contributed by atoms with E-state index in [0.29, 0.717) is 17.9 Å². The minimum atomic E-state index is -2.89. The Kier molecular flexibility index (Phi) is 4.73. The van der Waals surface area contributed by atoms with Crippen LogP contribution in [0.25, 0.3) is 0 Å². The van der Waals surface area contributed by atoms with Crippen molar-refractivity contribution in [3.63, 3.8) is 0 Å². The van der Waals surface area contributed by atoms with Crippen LogP contribution in [-0.2, 0) is 6.67 Å². The first-order valence-corrected chi connectivity index (χ1v) is 7.39. The summed E-state index contributed by atoms with van der Waals surface area (Å²) in [5.41, 5.74) is 1.33. The predicted octanol–water partition coefficient (Wildman–Crippen LogP) is 2.75. The average Bonchev–Trinajstić information content (AvgIpc) is 3.22. The van der Waals surface area contributed by atoms with Gasteiger partial charge >= 0.3 is 6.61 Å². The van der Waals surface area contributed by atoms with Crippen molar-refractivity contribution in [2.24, 2.45) is 0 Å². The van der Waals surface area contributed by atoms with E-state index in [9.17, 15) is 13.6 Å². The van der Waals surface area contributed by atoms with Crippen LogP contribution >= 0.6 is 0 Å². The lowest BCUT2D eigenvalue weighted by molar-refractivity contribution is -0.0498. The maximum atomic E-state index is 12.3. The molecule has 25 heavy (non-hydrogen) atoms. The Morgan fingerprint density at radius 1 is 1.28 bits per heavy atom. The molecule has 0 bridgehead atoms. The fourth-order valence-corrected chi connectivity index (χ4v) is 2.23. The number of benzene rings is 1. The molecule has 9 heteroatoms. The van der Waals surface area contributed by atoms with Gasteiger partial charge in [-0.25, -0.2) is 0 Å². The summed E-state index contributed by atoms with van der Waals surface area (Å²) >= 11 is 0. The first kappa shape index (κ1) is 16.6. The van der Waals surface area contributed by atoms with Crippen molar-refractivity contribution in [1.82, 2.24) is 19.6 Å². The van der Waals surface area contributed by atoms with Crippen molar-refractivity contribution in [2.45, 2.75) is 20.2 Å². The number of aromatic nitrogens is 4. The SMILES string of the molecule is Cc1cc(OC(F)F)ccc1NC(=O)c1ccn(Cn2cccn2)n1. The van der Waals surface area contributed by atoms with Crippen LogP contribution in [0.3, 0.4) is 0 Å². The minimum Gasteiger partial charge on any atom is -0.435 e. The molecule has 0 radical (unpaired) electrons. The summed E-state index contributed by atoms with van der Waals surface area (Å²) in [4.78, 5) is 12.3. The van der Waals surface area contributed by atoms with Gasteiger partial charge in [-0.15, -0.1) is 0 Å². The third-order valence-corrected chi connectivity index (χ3v) is 3.39. The zero-order valence-corrected chi connectivity index (χ0v) is 13.3. The van der Waals surface area contributed by atoms with Crippen molar-refractivity contribution < 1.29 is 18.3 Å². The Balaban J connectivity index is 1.67. The summed E-state index contributed by atoms with van der Waals surface area (Å²) in [5, 5.41) is 11.0. The quantitative estimate of drug-likeness (QED) is 0.744. The fourth-order valence-electron chi connectivity index (χ4n) is 2.23. The first-order chi connectivity index (χ1) is 12.0. The second-order valence-electron chi connectivity index (χ2n) is 5.24. The molecule has 1 aromatic carbocycles. The Labute approximate surface area is 141 Å². The van der Waals surface area contributed by atoms with Gasteiger partial charge in [0.2, 0.25) is 0 Å². The number of hydrogen-bond donors (Lipinski definition) is 1. The molecule has 7 nitrogen and oxygen atoms in total. The molecular formula is C16H15F2N5O2. The highest BCUT2D eigenvalue weighted by Crippen LogP contribution is 2.23. The molecule has 0 saturated carbocycles. The molecule has 0 aliphatic carbocycles. The van der Waals surface area contributed by atoms with Crippen molar-refractivity contribution in [3.8, 4) is 5.75 Å². The first-order valence-electron chi connectivity index (χ1n) is 7.39. The normalized spacial score (nSPS) is 10.9. The maximum Gasteiger partial charge on any atom is 0.387 e. The van der Waals surface area contributed by atoms with Gasteiger partial charge in [-0.3, -0.25) is 14.2 Å². The Hall–Kier alpha value is -3.23. The Morgan fingerprint density at radius 2 is 2.12 bits per heavy atom. The number of anilines is 1. The number of ether oxygens (including phenoxy) is 1. The molecule has 3 rings (SSSR count). The smallest absolute Gasteiger partial charge is 0.387 e. The van der Waals surface area contributed by atoms with Gasteiger partial charge < -0.3 is 10.1 Å². The van der Waals surface area contributed by atoms with Crippen LogP contribution in [0.2, 0.25) is 0 Å². The molecule has 0 atom stereocenters. The predicted molar refractivity (Wildman–Crippen MR) is 85.6 cm³/mol. The van der Waals surface area contributed by atoms with Crippen LogP contribution in [0.15, 0.2) is 48.9 Å². The Bertz CT molecular complexity index is 861. The molecule has 1 N–H and O–H groups in total. The summed E-state index contributed by atoms with van der Waals surface area (Å²) in [5.74, 6) is -0.362. The van der Waals surface area contributed by atoms with E-state index >= 15 is 0 Å². The number of alkyl halides is 2. The monoisotopic (exact) mass is 347 g/mol. The second-order valence-corrected chi connectivity index (χ2v) is 5.24. The number of nitrogens with zero attached hydrogens (tertiary/aromatic N) is 4. The second kappa shape index (κ2) is 7.12. The molecule has 1 amide bonds. The summed E-state index contributed by atoms with van der Waals surface area (Å²) in [6.45, 7) is -0.818. The highest BCUT2D eigenvalue weighted by atomic mass is 19.3. The van der Waals surface area contributed by atoms with Crippen molar-refractivity contribution in [3.05, 3.63) is 60.2 Å². The van der Waals surface area contributed by atoms with Crippen LogP contribution in [0, 0.1) is 6.92 Å². The van der Waals surface area contributed by atoms with E-state index in [2.05, 4.69) is 20.3 Å². The van der Waals surface area contributed by atoms with E-state index in [4.69, 9.17) is 0 Å². The zero-order valence-electron chi connectivity index (χ0n) is 13.3. The number of aryl methyl sites for hydroxylation is 1. The molecule has 0 aliphatic heterocycles. The molecule has 0 fully saturated rings. The van der Waals surface area contributed by atoms with Gasteiger partial charge in [-0.2, -0.15) is 19.0 Å². The van der Waals surface area contributed by atoms with Gasteiger partial charge in [0.1, 0.15) is 12.4 Å². The lowest BCUT2D eigenvalue weighted by Crippen LogP contribution is -2.15. The lowest BCUT2D eigenvalue weighted by atomic mass is 10.2. The van der Waals surface area contributed by atoms with E-state index < -0.39 is 12.5 Å². The molecule has 130 valence electrons. The molecule has 0 aliphatic rings. The summed E-state index contributed by atoms with van der Waals surface area (Å²) in [6.07, 6.45) is 5.11. The van der Waals surface area contributed by atoms with Crippen LogP contribution in [0.5, 0.6) is 5.75 Å². The van der Waals surface area contributed by atoms with Crippen LogP contribution in [-0.4, -0.2) is 32.1 Å². The van der Waals surface area contributed by atoms with E-state index in [0.717, 1.165) is 0 Å². The minimum absolute atomic E-state index is 0.0361. The molecular weight excluding hydrogens is 332 g/mol.